The Balaban J connectivity index is 1.98. The number of carboxylic acid groups (broad SMARTS) is 1. The van der Waals surface area contributed by atoms with E-state index in [1.807, 2.05) is 0 Å². The van der Waals surface area contributed by atoms with E-state index in [1.54, 1.807) is 4.90 Å². The van der Waals surface area contributed by atoms with Crippen LogP contribution in [0.25, 0.3) is 0 Å². The number of carboxylic acids is 1. The lowest BCUT2D eigenvalue weighted by molar-refractivity contribution is 0.0696. The molecule has 0 radical (unpaired) electrons. The number of benzene rings is 1. The Labute approximate surface area is 122 Å². The first-order chi connectivity index (χ1) is 10.0. The number of carbonyl (C=O) groups is 2. The highest BCUT2D eigenvalue weighted by Gasteiger charge is 2.21. The summed E-state index contributed by atoms with van der Waals surface area (Å²) >= 11 is 0. The summed E-state index contributed by atoms with van der Waals surface area (Å²) in [5.74, 6) is -1.38. The Morgan fingerprint density at radius 2 is 1.90 bits per heavy atom. The van der Waals surface area contributed by atoms with Crippen LogP contribution >= 0.6 is 0 Å². The van der Waals surface area contributed by atoms with Crippen LogP contribution in [0.4, 0.5) is 10.5 Å². The summed E-state index contributed by atoms with van der Waals surface area (Å²) < 4.78 is 0. The number of carbonyl (C=O) groups excluding carboxylic acids is 1. The molecule has 0 spiro atoms. The van der Waals surface area contributed by atoms with E-state index in [4.69, 9.17) is 5.11 Å². The number of nitrogens with zero attached hydrogens (tertiary/aromatic N) is 2. The zero-order chi connectivity index (χ0) is 15.4. The van der Waals surface area contributed by atoms with Crippen molar-refractivity contribution in [2.45, 2.75) is 6.92 Å². The molecular formula is C14H19N3O4. The number of hydrogen-bond acceptors (Lipinski definition) is 4. The van der Waals surface area contributed by atoms with E-state index in [2.05, 4.69) is 17.1 Å². The fourth-order valence-electron chi connectivity index (χ4n) is 2.23. The number of aromatic hydroxyl groups is 1. The average molecular weight is 293 g/mol. The van der Waals surface area contributed by atoms with E-state index in [9.17, 15) is 14.7 Å². The number of piperazine rings is 1. The number of urea groups is 1. The van der Waals surface area contributed by atoms with Crippen LogP contribution < -0.4 is 5.32 Å². The largest absolute Gasteiger partial charge is 0.506 e. The van der Waals surface area contributed by atoms with E-state index in [0.29, 0.717) is 13.1 Å². The number of amides is 2. The van der Waals surface area contributed by atoms with Crippen LogP contribution in [0, 0.1) is 0 Å². The van der Waals surface area contributed by atoms with Crippen molar-refractivity contribution in [3.8, 4) is 5.75 Å². The topological polar surface area (TPSA) is 93.1 Å². The molecule has 1 aliphatic rings. The summed E-state index contributed by atoms with van der Waals surface area (Å²) in [4.78, 5) is 26.8. The maximum atomic E-state index is 12.1. The van der Waals surface area contributed by atoms with Crippen molar-refractivity contribution in [2.24, 2.45) is 0 Å². The molecule has 0 atom stereocenters. The summed E-state index contributed by atoms with van der Waals surface area (Å²) in [6, 6.07) is 3.56. The van der Waals surface area contributed by atoms with Gasteiger partial charge in [0.25, 0.3) is 0 Å². The maximum Gasteiger partial charge on any atom is 0.335 e. The van der Waals surface area contributed by atoms with Crippen LogP contribution in [0.2, 0.25) is 0 Å². The van der Waals surface area contributed by atoms with Gasteiger partial charge in [-0.05, 0) is 24.7 Å². The van der Waals surface area contributed by atoms with Crippen LogP contribution in [0.1, 0.15) is 17.3 Å². The van der Waals surface area contributed by atoms with E-state index >= 15 is 0 Å². The highest BCUT2D eigenvalue weighted by molar-refractivity contribution is 5.93. The molecule has 0 aliphatic carbocycles. The standard InChI is InChI=1S/C14H19N3O4/c1-2-16-5-7-17(8-6-16)14(21)15-11-4-3-10(13(19)20)9-12(11)18/h3-4,9,18H,2,5-8H2,1H3,(H,15,21)(H,19,20). The van der Waals surface area contributed by atoms with Crippen LogP contribution in [0.3, 0.4) is 0 Å². The molecule has 1 fully saturated rings. The molecular weight excluding hydrogens is 274 g/mol. The summed E-state index contributed by atoms with van der Waals surface area (Å²) in [6.07, 6.45) is 0. The monoisotopic (exact) mass is 293 g/mol. The maximum absolute atomic E-state index is 12.1. The minimum absolute atomic E-state index is 0.0259. The van der Waals surface area contributed by atoms with E-state index < -0.39 is 5.97 Å². The minimum atomic E-state index is -1.13. The zero-order valence-corrected chi connectivity index (χ0v) is 11.9. The molecule has 0 aromatic heterocycles. The van der Waals surface area contributed by atoms with Crippen LogP contribution in [0.5, 0.6) is 5.75 Å². The molecule has 0 saturated carbocycles. The van der Waals surface area contributed by atoms with E-state index in [-0.39, 0.29) is 23.0 Å². The highest BCUT2D eigenvalue weighted by atomic mass is 16.4. The Hall–Kier alpha value is -2.28. The molecule has 1 saturated heterocycles. The average Bonchev–Trinajstić information content (AvgIpc) is 2.49. The number of phenolic OH excluding ortho intramolecular Hbond substituents is 1. The number of nitrogens with one attached hydrogen (secondary N) is 1. The Morgan fingerprint density at radius 1 is 1.24 bits per heavy atom. The smallest absolute Gasteiger partial charge is 0.335 e. The van der Waals surface area contributed by atoms with Crippen molar-refractivity contribution in [1.82, 2.24) is 9.80 Å². The number of anilines is 1. The summed E-state index contributed by atoms with van der Waals surface area (Å²) in [6.45, 7) is 5.97. The molecule has 1 aromatic rings. The summed E-state index contributed by atoms with van der Waals surface area (Å²) in [7, 11) is 0. The van der Waals surface area contributed by atoms with Crippen LogP contribution in [0.15, 0.2) is 18.2 Å². The molecule has 2 amide bonds. The Bertz CT molecular complexity index is 539. The quantitative estimate of drug-likeness (QED) is 0.730. The SMILES string of the molecule is CCN1CCN(C(=O)Nc2ccc(C(=O)O)cc2O)CC1. The van der Waals surface area contributed by atoms with Gasteiger partial charge in [-0.2, -0.15) is 0 Å². The van der Waals surface area contributed by atoms with Gasteiger partial charge < -0.3 is 25.3 Å². The second kappa shape index (κ2) is 6.45. The molecule has 21 heavy (non-hydrogen) atoms. The molecule has 114 valence electrons. The Morgan fingerprint density at radius 3 is 2.43 bits per heavy atom. The van der Waals surface area contributed by atoms with Crippen LogP contribution in [-0.4, -0.2) is 64.7 Å². The normalized spacial score (nSPS) is 15.8. The Kier molecular flexibility index (Phi) is 4.64. The van der Waals surface area contributed by atoms with Crippen molar-refractivity contribution >= 4 is 17.7 Å². The number of hydrogen-bond donors (Lipinski definition) is 3. The van der Waals surface area contributed by atoms with Gasteiger partial charge in [-0.15, -0.1) is 0 Å². The number of aromatic carboxylic acids is 1. The molecule has 1 heterocycles. The van der Waals surface area contributed by atoms with Crippen molar-refractivity contribution in [1.29, 1.82) is 0 Å². The molecule has 0 unspecified atom stereocenters. The van der Waals surface area contributed by atoms with Gasteiger partial charge >= 0.3 is 12.0 Å². The van der Waals surface area contributed by atoms with Crippen molar-refractivity contribution in [3.05, 3.63) is 23.8 Å². The first kappa shape index (κ1) is 15.1. The predicted octanol–water partition coefficient (Wildman–Crippen LogP) is 1.26. The zero-order valence-electron chi connectivity index (χ0n) is 11.9. The molecule has 3 N–H and O–H groups in total. The third kappa shape index (κ3) is 3.63. The van der Waals surface area contributed by atoms with Crippen LogP contribution in [-0.2, 0) is 0 Å². The van der Waals surface area contributed by atoms with Crippen molar-refractivity contribution in [2.75, 3.05) is 38.0 Å². The number of likely N-dealkylation sites (N-methyl/N-ethyl adjacent to an activating group) is 1. The minimum Gasteiger partial charge on any atom is -0.506 e. The molecule has 1 aliphatic heterocycles. The van der Waals surface area contributed by atoms with Gasteiger partial charge in [0.05, 0.1) is 11.3 Å². The molecule has 1 aromatic carbocycles. The van der Waals surface area contributed by atoms with Gasteiger partial charge in [0, 0.05) is 26.2 Å². The molecule has 0 bridgehead atoms. The van der Waals surface area contributed by atoms with Gasteiger partial charge in [0.2, 0.25) is 0 Å². The second-order valence-electron chi connectivity index (χ2n) is 4.89. The van der Waals surface area contributed by atoms with Gasteiger partial charge in [0.15, 0.2) is 0 Å². The van der Waals surface area contributed by atoms with Crippen molar-refractivity contribution < 1.29 is 19.8 Å². The van der Waals surface area contributed by atoms with Gasteiger partial charge in [-0.3, -0.25) is 0 Å². The summed E-state index contributed by atoms with van der Waals surface area (Å²) in [5, 5.41) is 21.2. The van der Waals surface area contributed by atoms with Gasteiger partial charge in [-0.25, -0.2) is 9.59 Å². The van der Waals surface area contributed by atoms with Gasteiger partial charge in [0.1, 0.15) is 5.75 Å². The molecule has 7 heteroatoms. The fraction of sp³-hybridized carbons (Fsp3) is 0.429. The summed E-state index contributed by atoms with van der Waals surface area (Å²) in [5.41, 5.74) is 0.185. The molecule has 2 rings (SSSR count). The van der Waals surface area contributed by atoms with E-state index in [0.717, 1.165) is 25.7 Å². The highest BCUT2D eigenvalue weighted by Crippen LogP contribution is 2.24. The first-order valence-corrected chi connectivity index (χ1v) is 6.86. The lowest BCUT2D eigenvalue weighted by Crippen LogP contribution is -2.49. The third-order valence-electron chi connectivity index (χ3n) is 3.59. The van der Waals surface area contributed by atoms with E-state index in [1.165, 1.54) is 12.1 Å². The third-order valence-corrected chi connectivity index (χ3v) is 3.59. The van der Waals surface area contributed by atoms with Crippen molar-refractivity contribution in [3.63, 3.8) is 0 Å². The number of phenols is 1. The lowest BCUT2D eigenvalue weighted by Gasteiger charge is -2.34. The molecule has 7 nitrogen and oxygen atoms in total. The predicted molar refractivity (Wildman–Crippen MR) is 77.8 cm³/mol. The van der Waals surface area contributed by atoms with Gasteiger partial charge in [-0.1, -0.05) is 6.92 Å². The lowest BCUT2D eigenvalue weighted by atomic mass is 10.2. The number of rotatable bonds is 3. The fourth-order valence-corrected chi connectivity index (χ4v) is 2.23. The second-order valence-corrected chi connectivity index (χ2v) is 4.89. The first-order valence-electron chi connectivity index (χ1n) is 6.86.